The van der Waals surface area contributed by atoms with Crippen molar-refractivity contribution in [1.29, 1.82) is 0 Å². The highest BCUT2D eigenvalue weighted by Gasteiger charge is 2.37. The van der Waals surface area contributed by atoms with Crippen LogP contribution in [-0.2, 0) is 0 Å². The van der Waals surface area contributed by atoms with Crippen molar-refractivity contribution in [3.05, 3.63) is 58.6 Å². The molecule has 1 atom stereocenters. The Hall–Kier alpha value is -1.94. The number of aromatic nitrogens is 2. The van der Waals surface area contributed by atoms with E-state index in [1.165, 1.54) is 0 Å². The summed E-state index contributed by atoms with van der Waals surface area (Å²) in [6, 6.07) is 7.84. The SMILES string of the molecule is Cc1cnc(C(=O)N(C2CC2)C(C)c2ccccc2Cl)cn1. The van der Waals surface area contributed by atoms with Gasteiger partial charge in [-0.25, -0.2) is 4.98 Å². The largest absolute Gasteiger partial charge is 0.327 e. The van der Waals surface area contributed by atoms with Crippen molar-refractivity contribution in [1.82, 2.24) is 14.9 Å². The fraction of sp³-hybridized carbons (Fsp3) is 0.353. The molecule has 1 heterocycles. The minimum Gasteiger partial charge on any atom is -0.327 e. The van der Waals surface area contributed by atoms with Crippen molar-refractivity contribution in [3.8, 4) is 0 Å². The highest BCUT2D eigenvalue weighted by molar-refractivity contribution is 6.31. The molecule has 1 aliphatic rings. The molecule has 2 aromatic rings. The normalized spacial score (nSPS) is 15.4. The standard InChI is InChI=1S/C17H18ClN3O/c1-11-9-20-16(10-19-11)17(22)21(13-7-8-13)12(2)14-5-3-4-6-15(14)18/h3-6,9-10,12-13H,7-8H2,1-2H3. The molecule has 1 aromatic carbocycles. The van der Waals surface area contributed by atoms with Gasteiger partial charge in [0.05, 0.1) is 17.9 Å². The van der Waals surface area contributed by atoms with Crippen LogP contribution in [0.4, 0.5) is 0 Å². The van der Waals surface area contributed by atoms with E-state index < -0.39 is 0 Å². The lowest BCUT2D eigenvalue weighted by molar-refractivity contribution is 0.0667. The third-order valence-corrected chi connectivity index (χ3v) is 4.29. The molecular weight excluding hydrogens is 298 g/mol. The molecular formula is C17H18ClN3O. The van der Waals surface area contributed by atoms with Gasteiger partial charge in [0, 0.05) is 17.3 Å². The number of hydrogen-bond acceptors (Lipinski definition) is 3. The Morgan fingerprint density at radius 2 is 2.00 bits per heavy atom. The number of aryl methyl sites for hydroxylation is 1. The van der Waals surface area contributed by atoms with Crippen LogP contribution < -0.4 is 0 Å². The second-order valence-electron chi connectivity index (χ2n) is 5.68. The van der Waals surface area contributed by atoms with Crippen molar-refractivity contribution in [2.45, 2.75) is 38.8 Å². The zero-order valence-electron chi connectivity index (χ0n) is 12.7. The number of benzene rings is 1. The zero-order chi connectivity index (χ0) is 15.7. The first-order valence-electron chi connectivity index (χ1n) is 7.43. The summed E-state index contributed by atoms with van der Waals surface area (Å²) in [4.78, 5) is 23.1. The van der Waals surface area contributed by atoms with Crippen LogP contribution in [0, 0.1) is 6.92 Å². The predicted octanol–water partition coefficient (Wildman–Crippen LogP) is 3.80. The van der Waals surface area contributed by atoms with E-state index in [4.69, 9.17) is 11.6 Å². The van der Waals surface area contributed by atoms with Crippen LogP contribution in [0.25, 0.3) is 0 Å². The van der Waals surface area contributed by atoms with Crippen LogP contribution in [-0.4, -0.2) is 26.8 Å². The summed E-state index contributed by atoms with van der Waals surface area (Å²) in [5.74, 6) is -0.0811. The maximum atomic E-state index is 12.8. The van der Waals surface area contributed by atoms with Gasteiger partial charge in [0.2, 0.25) is 0 Å². The monoisotopic (exact) mass is 315 g/mol. The molecule has 1 amide bonds. The van der Waals surface area contributed by atoms with Gasteiger partial charge in [-0.3, -0.25) is 9.78 Å². The molecule has 1 saturated carbocycles. The van der Waals surface area contributed by atoms with Crippen LogP contribution in [0.15, 0.2) is 36.7 Å². The Kier molecular flexibility index (Phi) is 4.12. The van der Waals surface area contributed by atoms with Crippen LogP contribution in [0.3, 0.4) is 0 Å². The number of carbonyl (C=O) groups excluding carboxylic acids is 1. The van der Waals surface area contributed by atoms with Crippen LogP contribution >= 0.6 is 11.6 Å². The lowest BCUT2D eigenvalue weighted by Gasteiger charge is -2.30. The first-order valence-corrected chi connectivity index (χ1v) is 7.81. The molecule has 114 valence electrons. The first kappa shape index (κ1) is 15.0. The highest BCUT2D eigenvalue weighted by Crippen LogP contribution is 2.37. The molecule has 1 fully saturated rings. The first-order chi connectivity index (χ1) is 10.6. The maximum absolute atomic E-state index is 12.8. The molecule has 0 saturated heterocycles. The average Bonchev–Trinajstić information content (AvgIpc) is 3.33. The van der Waals surface area contributed by atoms with Gasteiger partial charge in [0.15, 0.2) is 0 Å². The molecule has 0 N–H and O–H groups in total. The van der Waals surface area contributed by atoms with Crippen molar-refractivity contribution in [3.63, 3.8) is 0 Å². The molecule has 1 unspecified atom stereocenters. The van der Waals surface area contributed by atoms with Crippen LogP contribution in [0.5, 0.6) is 0 Å². The number of hydrogen-bond donors (Lipinski definition) is 0. The number of halogens is 1. The van der Waals surface area contributed by atoms with Crippen molar-refractivity contribution < 1.29 is 4.79 Å². The second kappa shape index (κ2) is 6.05. The van der Waals surface area contributed by atoms with Gasteiger partial charge >= 0.3 is 0 Å². The highest BCUT2D eigenvalue weighted by atomic mass is 35.5. The van der Waals surface area contributed by atoms with E-state index in [2.05, 4.69) is 9.97 Å². The number of nitrogens with zero attached hydrogens (tertiary/aromatic N) is 3. The number of rotatable bonds is 4. The maximum Gasteiger partial charge on any atom is 0.274 e. The topological polar surface area (TPSA) is 46.1 Å². The van der Waals surface area contributed by atoms with Crippen LogP contribution in [0.2, 0.25) is 5.02 Å². The fourth-order valence-electron chi connectivity index (χ4n) is 2.61. The van der Waals surface area contributed by atoms with Gasteiger partial charge in [0.1, 0.15) is 5.69 Å². The fourth-order valence-corrected chi connectivity index (χ4v) is 2.90. The predicted molar refractivity (Wildman–Crippen MR) is 85.8 cm³/mol. The molecule has 1 aromatic heterocycles. The van der Waals surface area contributed by atoms with Gasteiger partial charge in [-0.2, -0.15) is 0 Å². The lowest BCUT2D eigenvalue weighted by atomic mass is 10.1. The van der Waals surface area contributed by atoms with E-state index in [-0.39, 0.29) is 18.0 Å². The molecule has 0 spiro atoms. The quantitative estimate of drug-likeness (QED) is 0.862. The molecule has 0 bridgehead atoms. The third kappa shape index (κ3) is 2.97. The Morgan fingerprint density at radius 1 is 1.27 bits per heavy atom. The number of amides is 1. The molecule has 5 heteroatoms. The van der Waals surface area contributed by atoms with Gasteiger partial charge in [-0.15, -0.1) is 0 Å². The molecule has 4 nitrogen and oxygen atoms in total. The Labute approximate surface area is 135 Å². The van der Waals surface area contributed by atoms with Gasteiger partial charge in [0.25, 0.3) is 5.91 Å². The molecule has 0 radical (unpaired) electrons. The lowest BCUT2D eigenvalue weighted by Crippen LogP contribution is -2.36. The Balaban J connectivity index is 1.91. The summed E-state index contributed by atoms with van der Waals surface area (Å²) in [5.41, 5.74) is 2.15. The summed E-state index contributed by atoms with van der Waals surface area (Å²) in [5, 5.41) is 0.684. The summed E-state index contributed by atoms with van der Waals surface area (Å²) < 4.78 is 0. The second-order valence-corrected chi connectivity index (χ2v) is 6.09. The smallest absolute Gasteiger partial charge is 0.274 e. The summed E-state index contributed by atoms with van der Waals surface area (Å²) >= 11 is 6.29. The van der Waals surface area contributed by atoms with E-state index in [9.17, 15) is 4.79 Å². The van der Waals surface area contributed by atoms with Gasteiger partial charge < -0.3 is 4.90 Å². The molecule has 0 aliphatic heterocycles. The minimum absolute atomic E-state index is 0.0811. The van der Waals surface area contributed by atoms with E-state index in [1.807, 2.05) is 43.0 Å². The molecule has 22 heavy (non-hydrogen) atoms. The van der Waals surface area contributed by atoms with Crippen molar-refractivity contribution >= 4 is 17.5 Å². The summed E-state index contributed by atoms with van der Waals surface area (Å²) in [7, 11) is 0. The third-order valence-electron chi connectivity index (χ3n) is 3.95. The minimum atomic E-state index is -0.0863. The summed E-state index contributed by atoms with van der Waals surface area (Å²) in [6.07, 6.45) is 5.23. The average molecular weight is 316 g/mol. The molecule has 3 rings (SSSR count). The van der Waals surface area contributed by atoms with Crippen molar-refractivity contribution in [2.24, 2.45) is 0 Å². The van der Waals surface area contributed by atoms with Crippen molar-refractivity contribution in [2.75, 3.05) is 0 Å². The number of carbonyl (C=O) groups is 1. The molecule has 1 aliphatic carbocycles. The van der Waals surface area contributed by atoms with Gasteiger partial charge in [-0.05, 0) is 38.3 Å². The summed E-state index contributed by atoms with van der Waals surface area (Å²) in [6.45, 7) is 3.87. The van der Waals surface area contributed by atoms with Gasteiger partial charge in [-0.1, -0.05) is 29.8 Å². The Bertz CT molecular complexity index is 683. The Morgan fingerprint density at radius 3 is 2.59 bits per heavy atom. The van der Waals surface area contributed by atoms with E-state index in [0.717, 1.165) is 24.1 Å². The van der Waals surface area contributed by atoms with E-state index in [0.29, 0.717) is 10.7 Å². The zero-order valence-corrected chi connectivity index (χ0v) is 13.4. The van der Waals surface area contributed by atoms with E-state index >= 15 is 0 Å². The van der Waals surface area contributed by atoms with E-state index in [1.54, 1.807) is 12.4 Å². The van der Waals surface area contributed by atoms with Crippen LogP contribution in [0.1, 0.15) is 47.6 Å².